The molecule has 2 aliphatic heterocycles. The Morgan fingerprint density at radius 1 is 1.32 bits per heavy atom. The molecule has 3 rings (SSSR count). The first-order chi connectivity index (χ1) is 10.4. The highest BCUT2D eigenvalue weighted by Crippen LogP contribution is 2.38. The van der Waals surface area contributed by atoms with Gasteiger partial charge in [-0.1, -0.05) is 0 Å². The van der Waals surface area contributed by atoms with Crippen LogP contribution in [0.4, 0.5) is 0 Å². The Bertz CT molecular complexity index is 728. The van der Waals surface area contributed by atoms with Crippen LogP contribution in [0.2, 0.25) is 0 Å². The van der Waals surface area contributed by atoms with Gasteiger partial charge in [0.1, 0.15) is 16.4 Å². The minimum absolute atomic E-state index is 0.0367. The van der Waals surface area contributed by atoms with E-state index in [1.54, 1.807) is 4.90 Å². The SMILES string of the molecule is CS(=O)(=O)C1CC2CCC(C1)N2C(=O)Cn1ncccc1=O. The van der Waals surface area contributed by atoms with Crippen LogP contribution >= 0.6 is 0 Å². The first-order valence-electron chi connectivity index (χ1n) is 7.38. The highest BCUT2D eigenvalue weighted by molar-refractivity contribution is 7.91. The molecule has 0 N–H and O–H groups in total. The van der Waals surface area contributed by atoms with Crippen LogP contribution in [-0.2, 0) is 21.2 Å². The third kappa shape index (κ3) is 2.79. The second-order valence-corrected chi connectivity index (χ2v) is 8.45. The third-order valence-corrected chi connectivity index (χ3v) is 6.25. The summed E-state index contributed by atoms with van der Waals surface area (Å²) in [6.07, 6.45) is 5.40. The van der Waals surface area contributed by atoms with E-state index in [9.17, 15) is 18.0 Å². The van der Waals surface area contributed by atoms with E-state index in [2.05, 4.69) is 5.10 Å². The minimum atomic E-state index is -3.07. The lowest BCUT2D eigenvalue weighted by molar-refractivity contribution is -0.136. The Morgan fingerprint density at radius 3 is 2.50 bits per heavy atom. The summed E-state index contributed by atoms with van der Waals surface area (Å²) in [5, 5.41) is 3.54. The second-order valence-electron chi connectivity index (χ2n) is 6.13. The van der Waals surface area contributed by atoms with Gasteiger partial charge in [-0.25, -0.2) is 13.1 Å². The van der Waals surface area contributed by atoms with Crippen LogP contribution in [0.1, 0.15) is 25.7 Å². The molecule has 1 amide bonds. The zero-order valence-electron chi connectivity index (χ0n) is 12.4. The Labute approximate surface area is 128 Å². The largest absolute Gasteiger partial charge is 0.335 e. The third-order valence-electron chi connectivity index (χ3n) is 4.65. The van der Waals surface area contributed by atoms with Crippen molar-refractivity contribution in [2.75, 3.05) is 6.26 Å². The molecule has 0 aromatic carbocycles. The lowest BCUT2D eigenvalue weighted by atomic mass is 10.0. The summed E-state index contributed by atoms with van der Waals surface area (Å²) in [6, 6.07) is 2.82. The number of rotatable bonds is 3. The number of carbonyl (C=O) groups is 1. The summed E-state index contributed by atoms with van der Waals surface area (Å²) in [4.78, 5) is 25.9. The fraction of sp³-hybridized carbons (Fsp3) is 0.643. The molecule has 2 fully saturated rings. The molecule has 2 saturated heterocycles. The second kappa shape index (κ2) is 5.49. The van der Waals surface area contributed by atoms with E-state index >= 15 is 0 Å². The summed E-state index contributed by atoms with van der Waals surface area (Å²) in [5.74, 6) is -0.153. The fourth-order valence-corrected chi connectivity index (χ4v) is 4.74. The lowest BCUT2D eigenvalue weighted by Crippen LogP contribution is -2.51. The van der Waals surface area contributed by atoms with Gasteiger partial charge in [0.15, 0.2) is 0 Å². The van der Waals surface area contributed by atoms with Gasteiger partial charge in [-0.3, -0.25) is 9.59 Å². The summed E-state index contributed by atoms with van der Waals surface area (Å²) in [7, 11) is -3.07. The van der Waals surface area contributed by atoms with Crippen molar-refractivity contribution in [3.63, 3.8) is 0 Å². The normalized spacial score (nSPS) is 27.9. The van der Waals surface area contributed by atoms with Crippen LogP contribution in [-0.4, -0.2) is 52.6 Å². The summed E-state index contributed by atoms with van der Waals surface area (Å²) < 4.78 is 24.7. The van der Waals surface area contributed by atoms with Gasteiger partial charge in [-0.15, -0.1) is 0 Å². The van der Waals surface area contributed by atoms with Gasteiger partial charge in [0.05, 0.1) is 5.25 Å². The average Bonchev–Trinajstić information content (AvgIpc) is 2.70. The molecule has 2 atom stereocenters. The summed E-state index contributed by atoms with van der Waals surface area (Å²) in [6.45, 7) is -0.0871. The molecule has 8 heteroatoms. The maximum Gasteiger partial charge on any atom is 0.267 e. The number of amides is 1. The van der Waals surface area contributed by atoms with Crippen LogP contribution < -0.4 is 5.56 Å². The van der Waals surface area contributed by atoms with Crippen molar-refractivity contribution in [1.82, 2.24) is 14.7 Å². The molecule has 2 unspecified atom stereocenters. The first kappa shape index (κ1) is 15.2. The quantitative estimate of drug-likeness (QED) is 0.768. The number of sulfone groups is 1. The van der Waals surface area contributed by atoms with E-state index in [1.807, 2.05) is 0 Å². The summed E-state index contributed by atoms with van der Waals surface area (Å²) in [5.41, 5.74) is -0.311. The van der Waals surface area contributed by atoms with Crippen molar-refractivity contribution < 1.29 is 13.2 Å². The van der Waals surface area contributed by atoms with Crippen molar-refractivity contribution >= 4 is 15.7 Å². The maximum absolute atomic E-state index is 12.5. The first-order valence-corrected chi connectivity index (χ1v) is 9.34. The number of carbonyl (C=O) groups excluding carboxylic acids is 1. The predicted octanol–water partition coefficient (Wildman–Crippen LogP) is -0.190. The average molecular weight is 325 g/mol. The Hall–Kier alpha value is -1.70. The highest BCUT2D eigenvalue weighted by atomic mass is 32.2. The van der Waals surface area contributed by atoms with Crippen LogP contribution in [0.3, 0.4) is 0 Å². The monoisotopic (exact) mass is 325 g/mol. The molecule has 1 aromatic heterocycles. The molecule has 120 valence electrons. The number of fused-ring (bicyclic) bond motifs is 2. The highest BCUT2D eigenvalue weighted by Gasteiger charge is 2.45. The van der Waals surface area contributed by atoms with E-state index in [0.29, 0.717) is 12.8 Å². The van der Waals surface area contributed by atoms with Crippen molar-refractivity contribution in [1.29, 1.82) is 0 Å². The molecule has 0 radical (unpaired) electrons. The number of hydrogen-bond acceptors (Lipinski definition) is 5. The number of hydrogen-bond donors (Lipinski definition) is 0. The van der Waals surface area contributed by atoms with Crippen LogP contribution in [0.15, 0.2) is 23.1 Å². The minimum Gasteiger partial charge on any atom is -0.335 e. The van der Waals surface area contributed by atoms with E-state index in [-0.39, 0.29) is 35.3 Å². The Morgan fingerprint density at radius 2 is 1.95 bits per heavy atom. The van der Waals surface area contributed by atoms with Crippen molar-refractivity contribution in [2.45, 2.75) is 49.6 Å². The molecular formula is C14H19N3O4S. The topological polar surface area (TPSA) is 89.3 Å². The van der Waals surface area contributed by atoms with E-state index < -0.39 is 9.84 Å². The summed E-state index contributed by atoms with van der Waals surface area (Å²) >= 11 is 0. The molecule has 22 heavy (non-hydrogen) atoms. The maximum atomic E-state index is 12.5. The van der Waals surface area contributed by atoms with Gasteiger partial charge in [0.25, 0.3) is 5.56 Å². The number of piperidine rings is 1. The smallest absolute Gasteiger partial charge is 0.267 e. The molecule has 1 aromatic rings. The molecule has 3 heterocycles. The predicted molar refractivity (Wildman–Crippen MR) is 80.0 cm³/mol. The molecule has 7 nitrogen and oxygen atoms in total. The van der Waals surface area contributed by atoms with Crippen LogP contribution in [0, 0.1) is 0 Å². The van der Waals surface area contributed by atoms with Gasteiger partial charge < -0.3 is 4.90 Å². The molecule has 0 aliphatic carbocycles. The van der Waals surface area contributed by atoms with Gasteiger partial charge in [-0.2, -0.15) is 5.10 Å². The Kier molecular flexibility index (Phi) is 3.80. The number of aromatic nitrogens is 2. The molecule has 2 aliphatic rings. The zero-order valence-corrected chi connectivity index (χ0v) is 13.2. The molecular weight excluding hydrogens is 306 g/mol. The van der Waals surface area contributed by atoms with Crippen molar-refractivity contribution in [2.24, 2.45) is 0 Å². The van der Waals surface area contributed by atoms with Gasteiger partial charge >= 0.3 is 0 Å². The van der Waals surface area contributed by atoms with E-state index in [0.717, 1.165) is 17.5 Å². The van der Waals surface area contributed by atoms with Gasteiger partial charge in [0, 0.05) is 30.6 Å². The van der Waals surface area contributed by atoms with E-state index in [4.69, 9.17) is 0 Å². The number of nitrogens with zero attached hydrogens (tertiary/aromatic N) is 3. The van der Waals surface area contributed by atoms with Crippen LogP contribution in [0.25, 0.3) is 0 Å². The van der Waals surface area contributed by atoms with E-state index in [1.165, 1.54) is 24.6 Å². The lowest BCUT2D eigenvalue weighted by Gasteiger charge is -2.38. The zero-order chi connectivity index (χ0) is 15.9. The van der Waals surface area contributed by atoms with Crippen LogP contribution in [0.5, 0.6) is 0 Å². The molecule has 2 bridgehead atoms. The van der Waals surface area contributed by atoms with Gasteiger partial charge in [-0.05, 0) is 31.7 Å². The Balaban J connectivity index is 1.76. The fourth-order valence-electron chi connectivity index (χ4n) is 3.60. The molecule has 0 spiro atoms. The van der Waals surface area contributed by atoms with Crippen molar-refractivity contribution in [3.8, 4) is 0 Å². The standard InChI is InChI=1S/C14H19N3O4S/c1-22(20,21)12-7-10-4-5-11(8-12)17(10)14(19)9-16-13(18)3-2-6-15-16/h2-3,6,10-12H,4-5,7-9H2,1H3. The molecule has 0 saturated carbocycles. The van der Waals surface area contributed by atoms with Gasteiger partial charge in [0.2, 0.25) is 5.91 Å². The van der Waals surface area contributed by atoms with Crippen molar-refractivity contribution in [3.05, 3.63) is 28.7 Å².